The summed E-state index contributed by atoms with van der Waals surface area (Å²) in [5, 5.41) is 4.34. The van der Waals surface area contributed by atoms with E-state index in [1.807, 2.05) is 19.2 Å². The van der Waals surface area contributed by atoms with Gasteiger partial charge in [0.2, 0.25) is 0 Å². The molecule has 1 atom stereocenters. The summed E-state index contributed by atoms with van der Waals surface area (Å²) < 4.78 is 0. The van der Waals surface area contributed by atoms with Crippen molar-refractivity contribution in [2.45, 2.75) is 6.04 Å². The number of likely N-dealkylation sites (N-methyl/N-ethyl adjacent to an activating group) is 1. The van der Waals surface area contributed by atoms with E-state index in [1.165, 1.54) is 5.56 Å². The first-order valence-electron chi connectivity index (χ1n) is 5.07. The zero-order valence-corrected chi connectivity index (χ0v) is 8.77. The zero-order chi connectivity index (χ0) is 10.7. The molecular weight excluding hydrogens is 186 g/mol. The Bertz CT molecular complexity index is 449. The maximum atomic E-state index is 5.68. The lowest BCUT2D eigenvalue weighted by molar-refractivity contribution is 0.606. The van der Waals surface area contributed by atoms with E-state index >= 15 is 0 Å². The zero-order valence-electron chi connectivity index (χ0n) is 8.77. The van der Waals surface area contributed by atoms with Gasteiger partial charge < -0.3 is 11.1 Å². The number of nitrogens with two attached hydrogens (primary N) is 1. The molecule has 0 aliphatic carbocycles. The lowest BCUT2D eigenvalue weighted by Crippen LogP contribution is -2.24. The number of aromatic nitrogens is 1. The van der Waals surface area contributed by atoms with Crippen LogP contribution in [-0.2, 0) is 0 Å². The second-order valence-corrected chi connectivity index (χ2v) is 3.53. The van der Waals surface area contributed by atoms with Crippen LogP contribution in [0.1, 0.15) is 11.6 Å². The molecule has 0 amide bonds. The summed E-state index contributed by atoms with van der Waals surface area (Å²) in [4.78, 5) is 4.28. The number of hydrogen-bond acceptors (Lipinski definition) is 3. The van der Waals surface area contributed by atoms with E-state index in [1.54, 1.807) is 6.20 Å². The Kier molecular flexibility index (Phi) is 2.94. The molecule has 15 heavy (non-hydrogen) atoms. The molecule has 0 aliphatic rings. The number of rotatable bonds is 3. The summed E-state index contributed by atoms with van der Waals surface area (Å²) in [5.74, 6) is 0. The minimum Gasteiger partial charge on any atom is -0.329 e. The van der Waals surface area contributed by atoms with E-state index in [2.05, 4.69) is 28.5 Å². The summed E-state index contributed by atoms with van der Waals surface area (Å²) in [7, 11) is 1.92. The van der Waals surface area contributed by atoms with E-state index in [4.69, 9.17) is 5.73 Å². The fraction of sp³-hybridized carbons (Fsp3) is 0.250. The van der Waals surface area contributed by atoms with Gasteiger partial charge in [0.1, 0.15) is 0 Å². The first-order valence-corrected chi connectivity index (χ1v) is 5.07. The number of nitrogens with zero attached hydrogens (tertiary/aromatic N) is 1. The van der Waals surface area contributed by atoms with Gasteiger partial charge in [-0.2, -0.15) is 0 Å². The molecule has 1 heterocycles. The van der Waals surface area contributed by atoms with Crippen LogP contribution < -0.4 is 11.1 Å². The number of pyridine rings is 1. The highest BCUT2D eigenvalue weighted by Crippen LogP contribution is 2.17. The number of hydrogen-bond donors (Lipinski definition) is 2. The van der Waals surface area contributed by atoms with Gasteiger partial charge in [-0.25, -0.2) is 0 Å². The van der Waals surface area contributed by atoms with Crippen molar-refractivity contribution in [3.8, 4) is 0 Å². The van der Waals surface area contributed by atoms with Gasteiger partial charge in [-0.3, -0.25) is 4.98 Å². The van der Waals surface area contributed by atoms with Crippen molar-refractivity contribution in [1.29, 1.82) is 0 Å². The molecule has 0 saturated carbocycles. The Morgan fingerprint density at radius 3 is 3.00 bits per heavy atom. The number of fused-ring (bicyclic) bond motifs is 1. The molecule has 1 unspecified atom stereocenters. The molecule has 0 bridgehead atoms. The van der Waals surface area contributed by atoms with Gasteiger partial charge >= 0.3 is 0 Å². The molecule has 0 radical (unpaired) electrons. The predicted octanol–water partition coefficient (Wildman–Crippen LogP) is 1.45. The van der Waals surface area contributed by atoms with Gasteiger partial charge in [-0.05, 0) is 30.8 Å². The minimum absolute atomic E-state index is 0.217. The third-order valence-corrected chi connectivity index (χ3v) is 2.61. The fourth-order valence-corrected chi connectivity index (χ4v) is 1.73. The summed E-state index contributed by atoms with van der Waals surface area (Å²) in [6.07, 6.45) is 1.81. The topological polar surface area (TPSA) is 50.9 Å². The summed E-state index contributed by atoms with van der Waals surface area (Å²) in [6.45, 7) is 0.599. The van der Waals surface area contributed by atoms with Crippen LogP contribution in [0, 0.1) is 0 Å². The van der Waals surface area contributed by atoms with Crippen LogP contribution in [-0.4, -0.2) is 18.6 Å². The third kappa shape index (κ3) is 1.98. The summed E-state index contributed by atoms with van der Waals surface area (Å²) in [5.41, 5.74) is 7.91. The molecule has 0 fully saturated rings. The van der Waals surface area contributed by atoms with E-state index in [9.17, 15) is 0 Å². The van der Waals surface area contributed by atoms with Crippen molar-refractivity contribution < 1.29 is 0 Å². The summed E-state index contributed by atoms with van der Waals surface area (Å²) in [6, 6.07) is 10.5. The van der Waals surface area contributed by atoms with Crippen LogP contribution in [0.3, 0.4) is 0 Å². The van der Waals surface area contributed by atoms with Crippen LogP contribution in [0.25, 0.3) is 10.9 Å². The quantitative estimate of drug-likeness (QED) is 0.790. The molecule has 0 saturated heterocycles. The van der Waals surface area contributed by atoms with Crippen molar-refractivity contribution in [3.63, 3.8) is 0 Å². The van der Waals surface area contributed by atoms with E-state index in [0.29, 0.717) is 6.54 Å². The van der Waals surface area contributed by atoms with Crippen molar-refractivity contribution in [1.82, 2.24) is 10.3 Å². The van der Waals surface area contributed by atoms with Crippen LogP contribution in [0.4, 0.5) is 0 Å². The fourth-order valence-electron chi connectivity index (χ4n) is 1.73. The average Bonchev–Trinajstić information content (AvgIpc) is 2.30. The smallest absolute Gasteiger partial charge is 0.0702 e. The molecule has 2 aromatic rings. The third-order valence-electron chi connectivity index (χ3n) is 2.61. The Hall–Kier alpha value is -1.45. The minimum atomic E-state index is 0.217. The lowest BCUT2D eigenvalue weighted by Gasteiger charge is -2.14. The summed E-state index contributed by atoms with van der Waals surface area (Å²) >= 11 is 0. The van der Waals surface area contributed by atoms with Gasteiger partial charge in [0.25, 0.3) is 0 Å². The van der Waals surface area contributed by atoms with Gasteiger partial charge in [0.05, 0.1) is 5.52 Å². The molecule has 0 spiro atoms. The normalized spacial score (nSPS) is 12.9. The highest BCUT2D eigenvalue weighted by molar-refractivity contribution is 5.79. The lowest BCUT2D eigenvalue weighted by atomic mass is 10.0. The molecule has 3 heteroatoms. The van der Waals surface area contributed by atoms with Crippen molar-refractivity contribution >= 4 is 10.9 Å². The molecule has 3 nitrogen and oxygen atoms in total. The van der Waals surface area contributed by atoms with Gasteiger partial charge in [-0.15, -0.1) is 0 Å². The highest BCUT2D eigenvalue weighted by atomic mass is 14.9. The van der Waals surface area contributed by atoms with Crippen molar-refractivity contribution in [3.05, 3.63) is 42.1 Å². The van der Waals surface area contributed by atoms with Crippen LogP contribution >= 0.6 is 0 Å². The predicted molar refractivity (Wildman–Crippen MR) is 62.6 cm³/mol. The maximum absolute atomic E-state index is 5.68. The van der Waals surface area contributed by atoms with Crippen LogP contribution in [0.2, 0.25) is 0 Å². The van der Waals surface area contributed by atoms with E-state index < -0.39 is 0 Å². The number of benzene rings is 1. The Morgan fingerprint density at radius 2 is 2.27 bits per heavy atom. The van der Waals surface area contributed by atoms with Gasteiger partial charge in [0.15, 0.2) is 0 Å². The SMILES string of the molecule is CNC(CN)c1ccc2ncccc2c1. The second kappa shape index (κ2) is 4.38. The molecule has 78 valence electrons. The Labute approximate surface area is 89.3 Å². The Balaban J connectivity index is 2.46. The second-order valence-electron chi connectivity index (χ2n) is 3.53. The van der Waals surface area contributed by atoms with Crippen LogP contribution in [0.5, 0.6) is 0 Å². The molecular formula is C12H15N3. The average molecular weight is 201 g/mol. The standard InChI is InChI=1S/C12H15N3/c1-14-12(8-13)10-4-5-11-9(7-10)3-2-6-15-11/h2-7,12,14H,8,13H2,1H3. The van der Waals surface area contributed by atoms with E-state index in [0.717, 1.165) is 10.9 Å². The molecule has 2 rings (SSSR count). The van der Waals surface area contributed by atoms with Crippen molar-refractivity contribution in [2.24, 2.45) is 5.73 Å². The van der Waals surface area contributed by atoms with Crippen LogP contribution in [0.15, 0.2) is 36.5 Å². The molecule has 0 aliphatic heterocycles. The first-order chi connectivity index (χ1) is 7.35. The molecule has 1 aromatic heterocycles. The van der Waals surface area contributed by atoms with Crippen molar-refractivity contribution in [2.75, 3.05) is 13.6 Å². The Morgan fingerprint density at radius 1 is 1.40 bits per heavy atom. The van der Waals surface area contributed by atoms with Gasteiger partial charge in [-0.1, -0.05) is 12.1 Å². The molecule has 3 N–H and O–H groups in total. The van der Waals surface area contributed by atoms with E-state index in [-0.39, 0.29) is 6.04 Å². The number of nitrogens with one attached hydrogen (secondary N) is 1. The largest absolute Gasteiger partial charge is 0.329 e. The first kappa shape index (κ1) is 10.1. The van der Waals surface area contributed by atoms with Gasteiger partial charge in [0, 0.05) is 24.2 Å². The monoisotopic (exact) mass is 201 g/mol. The maximum Gasteiger partial charge on any atom is 0.0702 e. The molecule has 1 aromatic carbocycles. The highest BCUT2D eigenvalue weighted by Gasteiger charge is 2.06.